The average Bonchev–Trinajstić information content (AvgIpc) is 2.90. The molecule has 24 heavy (non-hydrogen) atoms. The predicted octanol–water partition coefficient (Wildman–Crippen LogP) is 4.00. The first-order valence-corrected chi connectivity index (χ1v) is 8.83. The van der Waals surface area contributed by atoms with E-state index in [-0.39, 0.29) is 6.04 Å². The van der Waals surface area contributed by atoms with E-state index in [4.69, 9.17) is 15.2 Å². The third kappa shape index (κ3) is 2.36. The molecule has 0 amide bonds. The summed E-state index contributed by atoms with van der Waals surface area (Å²) in [5, 5.41) is 1.16. The number of benzene rings is 2. The van der Waals surface area contributed by atoms with E-state index in [0.717, 1.165) is 22.4 Å². The Kier molecular flexibility index (Phi) is 3.90. The maximum absolute atomic E-state index is 5.99. The quantitative estimate of drug-likeness (QED) is 0.780. The predicted molar refractivity (Wildman–Crippen MR) is 97.4 cm³/mol. The summed E-state index contributed by atoms with van der Waals surface area (Å²) in [5.74, 6) is 1.69. The van der Waals surface area contributed by atoms with Crippen LogP contribution in [0.2, 0.25) is 0 Å². The molecule has 4 nitrogen and oxygen atoms in total. The molecule has 0 radical (unpaired) electrons. The van der Waals surface area contributed by atoms with Crippen LogP contribution in [0.4, 0.5) is 0 Å². The van der Waals surface area contributed by atoms with Gasteiger partial charge in [0.15, 0.2) is 0 Å². The fourth-order valence-electron chi connectivity index (χ4n) is 3.33. The first kappa shape index (κ1) is 15.4. The number of hydrogen-bond acceptors (Lipinski definition) is 4. The van der Waals surface area contributed by atoms with Gasteiger partial charge in [0.25, 0.3) is 0 Å². The molecule has 0 fully saturated rings. The lowest BCUT2D eigenvalue weighted by Gasteiger charge is -2.26. The zero-order valence-electron chi connectivity index (χ0n) is 13.8. The van der Waals surface area contributed by atoms with Crippen LogP contribution in [0.3, 0.4) is 0 Å². The van der Waals surface area contributed by atoms with Crippen LogP contribution in [0, 0.1) is 6.92 Å². The molecule has 0 saturated heterocycles. The highest BCUT2D eigenvalue weighted by Gasteiger charge is 2.28. The van der Waals surface area contributed by atoms with Gasteiger partial charge in [-0.05, 0) is 25.1 Å². The molecule has 1 aromatic heterocycles. The highest BCUT2D eigenvalue weighted by atomic mass is 32.2. The van der Waals surface area contributed by atoms with Crippen LogP contribution < -0.4 is 15.2 Å². The largest absolute Gasteiger partial charge is 0.497 e. The number of aromatic nitrogens is 1. The van der Waals surface area contributed by atoms with Gasteiger partial charge in [0, 0.05) is 33.5 Å². The average molecular weight is 340 g/mol. The maximum Gasteiger partial charge on any atom is 0.147 e. The Morgan fingerprint density at radius 2 is 2.08 bits per heavy atom. The van der Waals surface area contributed by atoms with E-state index in [9.17, 15) is 0 Å². The van der Waals surface area contributed by atoms with Crippen molar-refractivity contribution in [1.29, 1.82) is 0 Å². The third-order valence-corrected chi connectivity index (χ3v) is 5.72. The van der Waals surface area contributed by atoms with E-state index in [1.165, 1.54) is 15.5 Å². The van der Waals surface area contributed by atoms with Crippen molar-refractivity contribution in [1.82, 2.24) is 4.57 Å². The molecule has 5 heteroatoms. The number of rotatable bonds is 4. The summed E-state index contributed by atoms with van der Waals surface area (Å²) < 4.78 is 13.8. The first-order valence-electron chi connectivity index (χ1n) is 8.01. The smallest absolute Gasteiger partial charge is 0.147 e. The van der Waals surface area contributed by atoms with Crippen LogP contribution >= 0.6 is 11.8 Å². The van der Waals surface area contributed by atoms with Gasteiger partial charge >= 0.3 is 0 Å². The van der Waals surface area contributed by atoms with Crippen molar-refractivity contribution in [3.63, 3.8) is 0 Å². The summed E-state index contributed by atoms with van der Waals surface area (Å²) >= 11 is 1.78. The number of nitrogens with two attached hydrogens (primary N) is 1. The van der Waals surface area contributed by atoms with Crippen LogP contribution in [0.5, 0.6) is 11.5 Å². The highest BCUT2D eigenvalue weighted by Crippen LogP contribution is 2.46. The minimum atomic E-state index is 0.165. The Labute approximate surface area is 145 Å². The fourth-order valence-corrected chi connectivity index (χ4v) is 4.37. The van der Waals surface area contributed by atoms with E-state index in [1.807, 2.05) is 12.1 Å². The maximum atomic E-state index is 5.99. The SMILES string of the molecule is COc1cc2c3c(c1)c(Sc1ccccc1)c(C)n3C(CN)CO2. The Morgan fingerprint density at radius 1 is 1.29 bits per heavy atom. The van der Waals surface area contributed by atoms with Gasteiger partial charge in [0.1, 0.15) is 18.1 Å². The fraction of sp³-hybridized carbons (Fsp3) is 0.263. The minimum absolute atomic E-state index is 0.165. The van der Waals surface area contributed by atoms with Crippen LogP contribution in [0.25, 0.3) is 10.9 Å². The Bertz CT molecular complexity index is 890. The summed E-state index contributed by atoms with van der Waals surface area (Å²) in [6.07, 6.45) is 0. The second-order valence-electron chi connectivity index (χ2n) is 5.92. The van der Waals surface area contributed by atoms with Gasteiger partial charge in [-0.25, -0.2) is 0 Å². The van der Waals surface area contributed by atoms with Crippen LogP contribution in [-0.4, -0.2) is 24.8 Å². The minimum Gasteiger partial charge on any atom is -0.497 e. The third-order valence-electron chi connectivity index (χ3n) is 4.49. The topological polar surface area (TPSA) is 49.4 Å². The molecule has 2 N–H and O–H groups in total. The number of methoxy groups -OCH3 is 1. The molecule has 3 aromatic rings. The van der Waals surface area contributed by atoms with E-state index in [1.54, 1.807) is 18.9 Å². The lowest BCUT2D eigenvalue weighted by molar-refractivity contribution is 0.238. The van der Waals surface area contributed by atoms with Crippen molar-refractivity contribution >= 4 is 22.7 Å². The summed E-state index contributed by atoms with van der Waals surface area (Å²) in [7, 11) is 1.69. The lowest BCUT2D eigenvalue weighted by atomic mass is 10.2. The highest BCUT2D eigenvalue weighted by molar-refractivity contribution is 7.99. The van der Waals surface area contributed by atoms with Crippen LogP contribution in [-0.2, 0) is 0 Å². The van der Waals surface area contributed by atoms with E-state index >= 15 is 0 Å². The zero-order valence-corrected chi connectivity index (χ0v) is 14.6. The van der Waals surface area contributed by atoms with Gasteiger partial charge in [-0.2, -0.15) is 0 Å². The monoisotopic (exact) mass is 340 g/mol. The molecule has 1 aliphatic heterocycles. The van der Waals surface area contributed by atoms with Gasteiger partial charge in [-0.15, -0.1) is 0 Å². The van der Waals surface area contributed by atoms with Crippen molar-refractivity contribution in [3.8, 4) is 11.5 Å². The molecule has 0 bridgehead atoms. The van der Waals surface area contributed by atoms with Crippen LogP contribution in [0.15, 0.2) is 52.3 Å². The van der Waals surface area contributed by atoms with Crippen LogP contribution in [0.1, 0.15) is 11.7 Å². The molecule has 0 spiro atoms. The molecule has 4 rings (SSSR count). The Balaban J connectivity index is 1.96. The van der Waals surface area contributed by atoms with Crippen molar-refractivity contribution in [2.45, 2.75) is 22.8 Å². The number of ether oxygens (including phenoxy) is 2. The van der Waals surface area contributed by atoms with Gasteiger partial charge < -0.3 is 19.8 Å². The molecule has 2 aromatic carbocycles. The van der Waals surface area contributed by atoms with Gasteiger partial charge in [-0.3, -0.25) is 0 Å². The summed E-state index contributed by atoms with van der Waals surface area (Å²) in [6.45, 7) is 3.32. The van der Waals surface area contributed by atoms with E-state index in [0.29, 0.717) is 13.2 Å². The molecular weight excluding hydrogens is 320 g/mol. The Hall–Kier alpha value is -2.11. The van der Waals surface area contributed by atoms with Crippen molar-refractivity contribution in [3.05, 3.63) is 48.2 Å². The Morgan fingerprint density at radius 3 is 2.79 bits per heavy atom. The molecule has 1 atom stereocenters. The van der Waals surface area contributed by atoms with Crippen molar-refractivity contribution in [2.75, 3.05) is 20.3 Å². The zero-order chi connectivity index (χ0) is 16.7. The van der Waals surface area contributed by atoms with E-state index < -0.39 is 0 Å². The second-order valence-corrected chi connectivity index (χ2v) is 7.01. The van der Waals surface area contributed by atoms with Gasteiger partial charge in [0.05, 0.1) is 18.7 Å². The molecule has 0 saturated carbocycles. The van der Waals surface area contributed by atoms with E-state index in [2.05, 4.69) is 41.8 Å². The normalized spacial score (nSPS) is 16.2. The molecule has 124 valence electrons. The van der Waals surface area contributed by atoms with Crippen molar-refractivity contribution in [2.24, 2.45) is 5.73 Å². The first-order chi connectivity index (χ1) is 11.7. The van der Waals surface area contributed by atoms with Crippen molar-refractivity contribution < 1.29 is 9.47 Å². The lowest BCUT2D eigenvalue weighted by Crippen LogP contribution is -2.29. The second kappa shape index (κ2) is 6.07. The number of hydrogen-bond donors (Lipinski definition) is 1. The molecule has 0 aliphatic carbocycles. The molecule has 2 heterocycles. The molecular formula is C19H20N2O2S. The van der Waals surface area contributed by atoms with Gasteiger partial charge in [0.2, 0.25) is 0 Å². The summed E-state index contributed by atoms with van der Waals surface area (Å²) in [5.41, 5.74) is 8.34. The molecule has 1 unspecified atom stereocenters. The number of nitrogens with zero attached hydrogens (tertiary/aromatic N) is 1. The summed E-state index contributed by atoms with van der Waals surface area (Å²) in [6, 6.07) is 14.6. The van der Waals surface area contributed by atoms with Gasteiger partial charge in [-0.1, -0.05) is 30.0 Å². The summed E-state index contributed by atoms with van der Waals surface area (Å²) in [4.78, 5) is 2.45. The molecule has 1 aliphatic rings. The standard InChI is InChI=1S/C19H20N2O2S/c1-12-19(24-15-6-4-3-5-7-15)16-8-14(22-2)9-17-18(16)21(12)13(10-20)11-23-17/h3-9,13H,10-11,20H2,1-2H3.